The lowest BCUT2D eigenvalue weighted by Crippen LogP contribution is -2.29. The second-order valence-electron chi connectivity index (χ2n) is 5.11. The Kier molecular flexibility index (Phi) is 4.41. The summed E-state index contributed by atoms with van der Waals surface area (Å²) in [6, 6.07) is 6.23. The molecule has 1 aromatic carbocycles. The molecule has 4 nitrogen and oxygen atoms in total. The first-order valence-corrected chi connectivity index (χ1v) is 8.16. The lowest BCUT2D eigenvalue weighted by Gasteiger charge is -2.26. The lowest BCUT2D eigenvalue weighted by molar-refractivity contribution is 0.202. The summed E-state index contributed by atoms with van der Waals surface area (Å²) in [7, 11) is 1.72. The number of nitrogens with one attached hydrogen (secondary N) is 1. The Morgan fingerprint density at radius 3 is 3.19 bits per heavy atom. The molecule has 2 heterocycles. The average molecular weight is 304 g/mol. The van der Waals surface area contributed by atoms with Gasteiger partial charge in [0.05, 0.1) is 29.5 Å². The Balaban J connectivity index is 1.79. The van der Waals surface area contributed by atoms with Gasteiger partial charge in [0.15, 0.2) is 0 Å². The fourth-order valence-corrected chi connectivity index (χ4v) is 3.14. The molecule has 112 valence electrons. The van der Waals surface area contributed by atoms with Gasteiger partial charge in [-0.15, -0.1) is 11.3 Å². The van der Waals surface area contributed by atoms with Gasteiger partial charge in [-0.05, 0) is 24.6 Å². The summed E-state index contributed by atoms with van der Waals surface area (Å²) in [5, 5.41) is 6.66. The van der Waals surface area contributed by atoms with Gasteiger partial charge in [0.2, 0.25) is 0 Å². The van der Waals surface area contributed by atoms with Crippen molar-refractivity contribution < 1.29 is 9.47 Å². The van der Waals surface area contributed by atoms with Crippen molar-refractivity contribution in [3.63, 3.8) is 0 Å². The molecule has 1 aliphatic heterocycles. The number of thiazole rings is 1. The van der Waals surface area contributed by atoms with E-state index in [9.17, 15) is 0 Å². The zero-order valence-electron chi connectivity index (χ0n) is 12.4. The molecule has 0 bridgehead atoms. The Morgan fingerprint density at radius 2 is 2.38 bits per heavy atom. The maximum Gasteiger partial charge on any atom is 0.142 e. The number of aromatic nitrogens is 1. The van der Waals surface area contributed by atoms with E-state index < -0.39 is 0 Å². The molecule has 1 unspecified atom stereocenters. The number of fused-ring (bicyclic) bond motifs is 1. The monoisotopic (exact) mass is 304 g/mol. The van der Waals surface area contributed by atoms with Crippen LogP contribution in [0.5, 0.6) is 5.75 Å². The van der Waals surface area contributed by atoms with Crippen molar-refractivity contribution >= 4 is 17.0 Å². The summed E-state index contributed by atoms with van der Waals surface area (Å²) in [5.74, 6) is 0.937. The zero-order valence-corrected chi connectivity index (χ0v) is 13.2. The van der Waals surface area contributed by atoms with Crippen LogP contribution in [0.25, 0.3) is 11.3 Å². The number of hydrogen-bond acceptors (Lipinski definition) is 5. The van der Waals surface area contributed by atoms with Gasteiger partial charge in [0.25, 0.3) is 0 Å². The third kappa shape index (κ3) is 3.19. The molecule has 0 fully saturated rings. The maximum atomic E-state index is 5.93. The van der Waals surface area contributed by atoms with Gasteiger partial charge in [-0.1, -0.05) is 6.92 Å². The molecule has 0 amide bonds. The summed E-state index contributed by atoms with van der Waals surface area (Å²) in [4.78, 5) is 4.67. The molecule has 2 aromatic rings. The van der Waals surface area contributed by atoms with E-state index in [1.54, 1.807) is 18.4 Å². The van der Waals surface area contributed by atoms with Crippen LogP contribution >= 0.6 is 11.3 Å². The molecular formula is C16H20N2O2S. The van der Waals surface area contributed by atoms with Crippen molar-refractivity contribution in [2.45, 2.75) is 25.9 Å². The molecule has 0 saturated heterocycles. The van der Waals surface area contributed by atoms with Gasteiger partial charge in [0, 0.05) is 24.5 Å². The van der Waals surface area contributed by atoms with Gasteiger partial charge >= 0.3 is 0 Å². The second-order valence-corrected chi connectivity index (χ2v) is 6.05. The summed E-state index contributed by atoms with van der Waals surface area (Å²) >= 11 is 1.68. The highest BCUT2D eigenvalue weighted by atomic mass is 32.1. The zero-order chi connectivity index (χ0) is 14.7. The summed E-state index contributed by atoms with van der Waals surface area (Å²) < 4.78 is 11.0. The molecule has 0 radical (unpaired) electrons. The SMILES string of the molecule is CCC1CNc2cc(-c3csc(CCOC)n3)ccc2O1. The van der Waals surface area contributed by atoms with Gasteiger partial charge in [-0.3, -0.25) is 0 Å². The normalized spacial score (nSPS) is 17.0. The summed E-state index contributed by atoms with van der Waals surface area (Å²) in [5.41, 5.74) is 3.21. The molecule has 0 spiro atoms. The van der Waals surface area contributed by atoms with E-state index in [1.807, 2.05) is 6.07 Å². The van der Waals surface area contributed by atoms with E-state index in [0.717, 1.165) is 47.1 Å². The van der Waals surface area contributed by atoms with Crippen LogP contribution in [-0.4, -0.2) is 31.3 Å². The number of hydrogen-bond donors (Lipinski definition) is 1. The van der Waals surface area contributed by atoms with E-state index >= 15 is 0 Å². The van der Waals surface area contributed by atoms with Crippen LogP contribution in [-0.2, 0) is 11.2 Å². The summed E-state index contributed by atoms with van der Waals surface area (Å²) in [6.07, 6.45) is 2.15. The van der Waals surface area contributed by atoms with Gasteiger partial charge < -0.3 is 14.8 Å². The van der Waals surface area contributed by atoms with E-state index in [2.05, 4.69) is 34.7 Å². The van der Waals surface area contributed by atoms with Crippen LogP contribution in [0, 0.1) is 0 Å². The highest BCUT2D eigenvalue weighted by Crippen LogP contribution is 2.34. The molecule has 0 saturated carbocycles. The second kappa shape index (κ2) is 6.45. The van der Waals surface area contributed by atoms with E-state index in [-0.39, 0.29) is 6.10 Å². The van der Waals surface area contributed by atoms with Crippen molar-refractivity contribution in [2.75, 3.05) is 25.6 Å². The Bertz CT molecular complexity index is 612. The third-order valence-electron chi connectivity index (χ3n) is 3.62. The third-order valence-corrected chi connectivity index (χ3v) is 4.52. The molecular weight excluding hydrogens is 284 g/mol. The van der Waals surface area contributed by atoms with E-state index in [4.69, 9.17) is 9.47 Å². The standard InChI is InChI=1S/C16H20N2O2S/c1-3-12-9-17-13-8-11(4-5-15(13)20-12)14-10-21-16(18-14)6-7-19-2/h4-5,8,10,12,17H,3,6-7,9H2,1-2H3. The highest BCUT2D eigenvalue weighted by molar-refractivity contribution is 7.09. The van der Waals surface area contributed by atoms with E-state index in [1.165, 1.54) is 0 Å². The number of rotatable bonds is 5. The number of anilines is 1. The van der Waals surface area contributed by atoms with Crippen LogP contribution < -0.4 is 10.1 Å². The first-order chi connectivity index (χ1) is 10.3. The topological polar surface area (TPSA) is 43.4 Å². The van der Waals surface area contributed by atoms with Crippen LogP contribution in [0.1, 0.15) is 18.4 Å². The van der Waals surface area contributed by atoms with Crippen molar-refractivity contribution in [1.29, 1.82) is 0 Å². The number of ether oxygens (including phenoxy) is 2. The Labute approximate surface area is 129 Å². The largest absolute Gasteiger partial charge is 0.486 e. The summed E-state index contributed by atoms with van der Waals surface area (Å²) in [6.45, 7) is 3.72. The quantitative estimate of drug-likeness (QED) is 0.917. The number of nitrogens with zero attached hydrogens (tertiary/aromatic N) is 1. The predicted molar refractivity (Wildman–Crippen MR) is 86.3 cm³/mol. The first-order valence-electron chi connectivity index (χ1n) is 7.28. The van der Waals surface area contributed by atoms with Crippen molar-refractivity contribution in [3.8, 4) is 17.0 Å². The van der Waals surface area contributed by atoms with Gasteiger partial charge in [-0.2, -0.15) is 0 Å². The number of methoxy groups -OCH3 is 1. The molecule has 0 aliphatic carbocycles. The average Bonchev–Trinajstić information content (AvgIpc) is 3.00. The van der Waals surface area contributed by atoms with Crippen LogP contribution in [0.3, 0.4) is 0 Å². The molecule has 1 N–H and O–H groups in total. The first kappa shape index (κ1) is 14.4. The van der Waals surface area contributed by atoms with Crippen molar-refractivity contribution in [2.24, 2.45) is 0 Å². The van der Waals surface area contributed by atoms with Crippen LogP contribution in [0.4, 0.5) is 5.69 Å². The molecule has 1 aromatic heterocycles. The fraction of sp³-hybridized carbons (Fsp3) is 0.438. The van der Waals surface area contributed by atoms with Crippen LogP contribution in [0.15, 0.2) is 23.6 Å². The smallest absolute Gasteiger partial charge is 0.142 e. The Hall–Kier alpha value is -1.59. The molecule has 5 heteroatoms. The van der Waals surface area contributed by atoms with Crippen molar-refractivity contribution in [3.05, 3.63) is 28.6 Å². The Morgan fingerprint density at radius 1 is 1.48 bits per heavy atom. The molecule has 1 aliphatic rings. The molecule has 1 atom stereocenters. The molecule has 21 heavy (non-hydrogen) atoms. The maximum absolute atomic E-state index is 5.93. The minimum absolute atomic E-state index is 0.267. The van der Waals surface area contributed by atoms with E-state index in [0.29, 0.717) is 6.61 Å². The highest BCUT2D eigenvalue weighted by Gasteiger charge is 2.18. The van der Waals surface area contributed by atoms with Crippen LogP contribution in [0.2, 0.25) is 0 Å². The number of benzene rings is 1. The minimum atomic E-state index is 0.267. The molecule has 3 rings (SSSR count). The predicted octanol–water partition coefficient (Wildman–Crippen LogP) is 3.58. The van der Waals surface area contributed by atoms with Gasteiger partial charge in [-0.25, -0.2) is 4.98 Å². The van der Waals surface area contributed by atoms with Gasteiger partial charge in [0.1, 0.15) is 11.9 Å². The van der Waals surface area contributed by atoms with Crippen molar-refractivity contribution in [1.82, 2.24) is 4.98 Å². The minimum Gasteiger partial charge on any atom is -0.486 e. The fourth-order valence-electron chi connectivity index (χ4n) is 2.35. The lowest BCUT2D eigenvalue weighted by atomic mass is 10.1.